The molecule has 2 rings (SSSR count). The third kappa shape index (κ3) is 2.46. The largest absolute Gasteiger partial charge is 0.318 e. The number of aryl methyl sites for hydroxylation is 1. The van der Waals surface area contributed by atoms with E-state index in [0.717, 1.165) is 20.7 Å². The van der Waals surface area contributed by atoms with Crippen LogP contribution in [0, 0.1) is 6.92 Å². The fourth-order valence-corrected chi connectivity index (χ4v) is 2.70. The Morgan fingerprint density at radius 2 is 2.25 bits per heavy atom. The lowest BCUT2D eigenvalue weighted by Crippen LogP contribution is -2.11. The van der Waals surface area contributed by atoms with Crippen LogP contribution in [0.2, 0.25) is 5.02 Å². The van der Waals surface area contributed by atoms with Gasteiger partial charge in [-0.3, -0.25) is 0 Å². The zero-order valence-corrected chi connectivity index (χ0v) is 11.7. The number of nitrogens with zero attached hydrogens (tertiary/aromatic N) is 1. The lowest BCUT2D eigenvalue weighted by Gasteiger charge is -2.09. The van der Waals surface area contributed by atoms with E-state index in [0.29, 0.717) is 5.02 Å². The monoisotopic (exact) mass is 316 g/mol. The molecule has 0 saturated heterocycles. The first-order valence-corrected chi connectivity index (χ1v) is 6.75. The van der Waals surface area contributed by atoms with Crippen molar-refractivity contribution in [3.05, 3.63) is 49.3 Å². The lowest BCUT2D eigenvalue weighted by atomic mass is 10.1. The molecule has 0 aliphatic carbocycles. The average Bonchev–Trinajstić information content (AvgIpc) is 2.68. The van der Waals surface area contributed by atoms with Crippen LogP contribution in [0.4, 0.5) is 0 Å². The second-order valence-corrected chi connectivity index (χ2v) is 5.63. The van der Waals surface area contributed by atoms with Crippen LogP contribution >= 0.6 is 38.9 Å². The second kappa shape index (κ2) is 4.84. The quantitative estimate of drug-likeness (QED) is 0.912. The Balaban J connectivity index is 2.33. The average molecular weight is 318 g/mol. The lowest BCUT2D eigenvalue weighted by molar-refractivity contribution is 0.851. The van der Waals surface area contributed by atoms with Crippen molar-refractivity contribution in [1.82, 2.24) is 4.98 Å². The molecule has 1 aromatic heterocycles. The van der Waals surface area contributed by atoms with E-state index in [9.17, 15) is 0 Å². The number of rotatable bonds is 2. The highest BCUT2D eigenvalue weighted by Crippen LogP contribution is 2.28. The molecule has 16 heavy (non-hydrogen) atoms. The van der Waals surface area contributed by atoms with Crippen LogP contribution in [0.25, 0.3) is 0 Å². The van der Waals surface area contributed by atoms with Crippen LogP contribution < -0.4 is 5.73 Å². The summed E-state index contributed by atoms with van der Waals surface area (Å²) in [6.07, 6.45) is 0. The standard InChI is InChI=1S/C11H10BrClN2S/c1-6-5-16-11(15-6)10(14)7-2-3-9(13)8(12)4-7/h2-5,10H,14H2,1H3. The summed E-state index contributed by atoms with van der Waals surface area (Å²) in [5.74, 6) is 0. The van der Waals surface area contributed by atoms with Crippen molar-refractivity contribution in [2.24, 2.45) is 5.73 Å². The number of halogens is 2. The van der Waals surface area contributed by atoms with Gasteiger partial charge in [0, 0.05) is 15.5 Å². The maximum absolute atomic E-state index is 6.13. The van der Waals surface area contributed by atoms with Gasteiger partial charge in [-0.2, -0.15) is 0 Å². The Labute approximate surface area is 112 Å². The number of hydrogen-bond donors (Lipinski definition) is 1. The maximum Gasteiger partial charge on any atom is 0.114 e. The smallest absolute Gasteiger partial charge is 0.114 e. The molecular weight excluding hydrogens is 308 g/mol. The Kier molecular flexibility index (Phi) is 3.64. The summed E-state index contributed by atoms with van der Waals surface area (Å²) in [7, 11) is 0. The minimum absolute atomic E-state index is 0.188. The van der Waals surface area contributed by atoms with Gasteiger partial charge in [-0.25, -0.2) is 4.98 Å². The van der Waals surface area contributed by atoms with Crippen LogP contribution in [0.1, 0.15) is 22.3 Å². The van der Waals surface area contributed by atoms with Gasteiger partial charge >= 0.3 is 0 Å². The van der Waals surface area contributed by atoms with Gasteiger partial charge in [-0.1, -0.05) is 17.7 Å². The zero-order chi connectivity index (χ0) is 11.7. The van der Waals surface area contributed by atoms with Crippen molar-refractivity contribution in [2.45, 2.75) is 13.0 Å². The second-order valence-electron chi connectivity index (χ2n) is 3.48. The van der Waals surface area contributed by atoms with Gasteiger partial charge in [-0.05, 0) is 40.5 Å². The summed E-state index contributed by atoms with van der Waals surface area (Å²) >= 11 is 10.9. The summed E-state index contributed by atoms with van der Waals surface area (Å²) in [4.78, 5) is 4.38. The zero-order valence-electron chi connectivity index (χ0n) is 8.58. The van der Waals surface area contributed by atoms with Gasteiger partial charge in [0.05, 0.1) is 11.1 Å². The number of benzene rings is 1. The van der Waals surface area contributed by atoms with Crippen LogP contribution in [0.5, 0.6) is 0 Å². The molecule has 2 aromatic rings. The topological polar surface area (TPSA) is 38.9 Å². The number of hydrogen-bond acceptors (Lipinski definition) is 3. The molecule has 1 aromatic carbocycles. The van der Waals surface area contributed by atoms with Gasteiger partial charge in [0.2, 0.25) is 0 Å². The number of thiazole rings is 1. The molecule has 0 amide bonds. The molecule has 0 saturated carbocycles. The summed E-state index contributed by atoms with van der Waals surface area (Å²) < 4.78 is 0.857. The molecule has 0 spiro atoms. The Bertz CT molecular complexity index is 512. The van der Waals surface area contributed by atoms with Gasteiger partial charge in [0.15, 0.2) is 0 Å². The molecule has 0 aliphatic heterocycles. The van der Waals surface area contributed by atoms with Gasteiger partial charge in [0.1, 0.15) is 5.01 Å². The normalized spacial score (nSPS) is 12.8. The molecule has 1 atom stereocenters. The molecule has 2 N–H and O–H groups in total. The molecule has 2 nitrogen and oxygen atoms in total. The van der Waals surface area contributed by atoms with Crippen molar-refractivity contribution in [3.8, 4) is 0 Å². The van der Waals surface area contributed by atoms with E-state index in [-0.39, 0.29) is 6.04 Å². The summed E-state index contributed by atoms with van der Waals surface area (Å²) in [5.41, 5.74) is 8.14. The summed E-state index contributed by atoms with van der Waals surface area (Å²) in [5, 5.41) is 3.61. The van der Waals surface area contributed by atoms with Crippen LogP contribution in [0.15, 0.2) is 28.1 Å². The van der Waals surface area contributed by atoms with E-state index < -0.39 is 0 Å². The van der Waals surface area contributed by atoms with Crippen molar-refractivity contribution in [2.75, 3.05) is 0 Å². The molecule has 0 fully saturated rings. The van der Waals surface area contributed by atoms with Crippen LogP contribution in [-0.2, 0) is 0 Å². The maximum atomic E-state index is 6.13. The molecule has 84 valence electrons. The number of aromatic nitrogens is 1. The van der Waals surface area contributed by atoms with Crippen molar-refractivity contribution < 1.29 is 0 Å². The van der Waals surface area contributed by atoms with E-state index in [1.165, 1.54) is 0 Å². The fraction of sp³-hybridized carbons (Fsp3) is 0.182. The summed E-state index contributed by atoms with van der Waals surface area (Å²) in [6, 6.07) is 5.51. The predicted octanol–water partition coefficient (Wildman–Crippen LogP) is 3.92. The third-order valence-electron chi connectivity index (χ3n) is 2.21. The van der Waals surface area contributed by atoms with Crippen molar-refractivity contribution >= 4 is 38.9 Å². The molecule has 0 bridgehead atoms. The SMILES string of the molecule is Cc1csc(C(N)c2ccc(Cl)c(Br)c2)n1. The van der Waals surface area contributed by atoms with Crippen molar-refractivity contribution in [1.29, 1.82) is 0 Å². The van der Waals surface area contributed by atoms with E-state index >= 15 is 0 Å². The highest BCUT2D eigenvalue weighted by molar-refractivity contribution is 9.10. The predicted molar refractivity (Wildman–Crippen MR) is 72.0 cm³/mol. The fourth-order valence-electron chi connectivity index (χ4n) is 1.36. The van der Waals surface area contributed by atoms with Gasteiger partial charge < -0.3 is 5.73 Å². The van der Waals surface area contributed by atoms with Gasteiger partial charge in [0.25, 0.3) is 0 Å². The minimum atomic E-state index is -0.188. The van der Waals surface area contributed by atoms with Crippen molar-refractivity contribution in [3.63, 3.8) is 0 Å². The molecule has 1 heterocycles. The molecule has 1 unspecified atom stereocenters. The molecule has 0 aliphatic rings. The minimum Gasteiger partial charge on any atom is -0.318 e. The first-order valence-electron chi connectivity index (χ1n) is 4.70. The Morgan fingerprint density at radius 3 is 2.81 bits per heavy atom. The first kappa shape index (κ1) is 12.0. The number of nitrogens with two attached hydrogens (primary N) is 1. The van der Waals surface area contributed by atoms with Crippen LogP contribution in [0.3, 0.4) is 0 Å². The molecule has 0 radical (unpaired) electrons. The van der Waals surface area contributed by atoms with Crippen LogP contribution in [-0.4, -0.2) is 4.98 Å². The molecular formula is C11H10BrClN2S. The van der Waals surface area contributed by atoms with E-state index in [4.69, 9.17) is 17.3 Å². The van der Waals surface area contributed by atoms with E-state index in [1.807, 2.05) is 30.5 Å². The van der Waals surface area contributed by atoms with Gasteiger partial charge in [-0.15, -0.1) is 11.3 Å². The third-order valence-corrected chi connectivity index (χ3v) is 4.47. The Hall–Kier alpha value is -0.420. The summed E-state index contributed by atoms with van der Waals surface area (Å²) in [6.45, 7) is 1.96. The van der Waals surface area contributed by atoms with E-state index in [2.05, 4.69) is 20.9 Å². The highest BCUT2D eigenvalue weighted by Gasteiger charge is 2.13. The van der Waals surface area contributed by atoms with E-state index in [1.54, 1.807) is 11.3 Å². The Morgan fingerprint density at radius 1 is 1.50 bits per heavy atom. The first-order chi connectivity index (χ1) is 7.58. The highest BCUT2D eigenvalue weighted by atomic mass is 79.9. The molecule has 5 heteroatoms.